The van der Waals surface area contributed by atoms with Gasteiger partial charge in [0.1, 0.15) is 17.6 Å². The molecule has 5 aromatic rings. The lowest BCUT2D eigenvalue weighted by Crippen LogP contribution is -2.47. The van der Waals surface area contributed by atoms with Crippen molar-refractivity contribution in [2.75, 3.05) is 30.9 Å². The maximum absolute atomic E-state index is 13.0. The molecule has 0 bridgehead atoms. The molecule has 1 saturated heterocycles. The van der Waals surface area contributed by atoms with Crippen LogP contribution in [0.4, 0.5) is 16.3 Å². The summed E-state index contributed by atoms with van der Waals surface area (Å²) >= 11 is 0. The molecule has 1 atom stereocenters. The van der Waals surface area contributed by atoms with Gasteiger partial charge in [0.15, 0.2) is 0 Å². The molecule has 2 aromatic carbocycles. The van der Waals surface area contributed by atoms with Crippen LogP contribution in [0.3, 0.4) is 0 Å². The highest BCUT2D eigenvalue weighted by atomic mass is 16.2. The lowest BCUT2D eigenvalue weighted by Gasteiger charge is -2.33. The van der Waals surface area contributed by atoms with Crippen LogP contribution in [-0.4, -0.2) is 70.3 Å². The van der Waals surface area contributed by atoms with Gasteiger partial charge in [-0.05, 0) is 78.2 Å². The minimum absolute atomic E-state index is 0.0874. The van der Waals surface area contributed by atoms with E-state index in [1.165, 1.54) is 0 Å². The average Bonchev–Trinajstić information content (AvgIpc) is 3.16. The first kappa shape index (κ1) is 34.8. The molecule has 12 nitrogen and oxygen atoms in total. The molecule has 2 aliphatic rings. The molecule has 0 aliphatic carbocycles. The van der Waals surface area contributed by atoms with Gasteiger partial charge >= 0.3 is 6.03 Å². The number of piperidine rings is 1. The lowest BCUT2D eigenvalue weighted by atomic mass is 9.93. The van der Waals surface area contributed by atoms with Crippen LogP contribution in [-0.2, 0) is 22.6 Å². The van der Waals surface area contributed by atoms with Gasteiger partial charge in [-0.25, -0.2) is 9.78 Å². The summed E-state index contributed by atoms with van der Waals surface area (Å²) in [5, 5.41) is 10.3. The third-order valence-corrected chi connectivity index (χ3v) is 9.50. The number of aromatic nitrogens is 3. The van der Waals surface area contributed by atoms with Gasteiger partial charge in [0, 0.05) is 66.4 Å². The Morgan fingerprint density at radius 1 is 1.00 bits per heavy atom. The Balaban J connectivity index is 1.05. The molecule has 7 rings (SSSR count). The van der Waals surface area contributed by atoms with Gasteiger partial charge in [-0.15, -0.1) is 0 Å². The van der Waals surface area contributed by atoms with Crippen molar-refractivity contribution in [1.82, 2.24) is 30.5 Å². The molecular weight excluding hydrogens is 669 g/mol. The zero-order valence-corrected chi connectivity index (χ0v) is 29.9. The van der Waals surface area contributed by atoms with Crippen LogP contribution >= 0.6 is 0 Å². The first-order chi connectivity index (χ1) is 25.6. The number of aryl methyl sites for hydroxylation is 2. The second-order valence-electron chi connectivity index (χ2n) is 13.2. The summed E-state index contributed by atoms with van der Waals surface area (Å²) in [5.74, 6) is 5.76. The molecule has 53 heavy (non-hydrogen) atoms. The number of rotatable bonds is 7. The van der Waals surface area contributed by atoms with Crippen molar-refractivity contribution in [3.8, 4) is 34.2 Å². The number of pyridine rings is 3. The normalized spacial score (nSPS) is 15.4. The fourth-order valence-electron chi connectivity index (χ4n) is 6.71. The summed E-state index contributed by atoms with van der Waals surface area (Å²) in [4.78, 5) is 66.7. The molecule has 12 heteroatoms. The standard InChI is InChI=1S/C41H38N8O4/c1-5-28-20-31(33-23-48(3)41(53)49(4)38(33)46-28)30-13-7-11-26-19-35(43-22-32(26)30)27-17-24(2)37(44-21-27)40(52)42-16-8-10-25-9-6-12-29(18-25)45-34-14-15-36(50)47-39(34)51/h6-7,9,11-13,17-22,34,45H,5,14-16,23H2,1-4H3,(H,42,52)(H,47,50,51). The molecule has 266 valence electrons. The molecular formula is C41H38N8O4. The first-order valence-electron chi connectivity index (χ1n) is 17.4. The van der Waals surface area contributed by atoms with Gasteiger partial charge in [-0.2, -0.15) is 0 Å². The van der Waals surface area contributed by atoms with Crippen molar-refractivity contribution in [2.45, 2.75) is 45.7 Å². The van der Waals surface area contributed by atoms with Crippen LogP contribution in [0, 0.1) is 18.8 Å². The van der Waals surface area contributed by atoms with Crippen molar-refractivity contribution < 1.29 is 19.2 Å². The number of carbonyl (C=O) groups is 4. The van der Waals surface area contributed by atoms with Gasteiger partial charge in [0.05, 0.1) is 18.8 Å². The van der Waals surface area contributed by atoms with E-state index in [0.29, 0.717) is 47.7 Å². The monoisotopic (exact) mass is 706 g/mol. The average molecular weight is 707 g/mol. The first-order valence-corrected chi connectivity index (χ1v) is 17.4. The molecule has 0 saturated carbocycles. The summed E-state index contributed by atoms with van der Waals surface area (Å²) in [6.45, 7) is 4.47. The van der Waals surface area contributed by atoms with Crippen LogP contribution in [0.2, 0.25) is 0 Å². The minimum Gasteiger partial charge on any atom is -0.374 e. The third kappa shape index (κ3) is 7.14. The maximum Gasteiger partial charge on any atom is 0.325 e. The van der Waals surface area contributed by atoms with Crippen molar-refractivity contribution in [2.24, 2.45) is 0 Å². The molecule has 2 aliphatic heterocycles. The van der Waals surface area contributed by atoms with E-state index in [0.717, 1.165) is 50.8 Å². The van der Waals surface area contributed by atoms with Crippen LogP contribution in [0.25, 0.3) is 33.2 Å². The number of nitrogens with one attached hydrogen (secondary N) is 3. The van der Waals surface area contributed by atoms with Crippen molar-refractivity contribution in [3.63, 3.8) is 0 Å². The van der Waals surface area contributed by atoms with Crippen molar-refractivity contribution >= 4 is 46.0 Å². The zero-order valence-electron chi connectivity index (χ0n) is 29.9. The van der Waals surface area contributed by atoms with Gasteiger partial charge < -0.3 is 15.5 Å². The molecule has 5 heterocycles. The largest absolute Gasteiger partial charge is 0.374 e. The highest BCUT2D eigenvalue weighted by Gasteiger charge is 2.30. The topological polar surface area (TPSA) is 150 Å². The van der Waals surface area contributed by atoms with Gasteiger partial charge in [0.2, 0.25) is 11.8 Å². The number of fused-ring (bicyclic) bond motifs is 2. The zero-order chi connectivity index (χ0) is 37.2. The van der Waals surface area contributed by atoms with E-state index >= 15 is 0 Å². The molecule has 5 amide bonds. The second kappa shape index (κ2) is 14.6. The summed E-state index contributed by atoms with van der Waals surface area (Å²) in [5.41, 5.74) is 7.91. The highest BCUT2D eigenvalue weighted by molar-refractivity contribution is 6.02. The molecule has 3 aromatic heterocycles. The summed E-state index contributed by atoms with van der Waals surface area (Å²) in [7, 11) is 3.56. The Labute approximate surface area is 307 Å². The van der Waals surface area contributed by atoms with Crippen LogP contribution in [0.1, 0.15) is 52.6 Å². The number of amides is 5. The van der Waals surface area contributed by atoms with E-state index < -0.39 is 6.04 Å². The number of hydrogen-bond acceptors (Lipinski definition) is 8. The number of carbonyl (C=O) groups excluding carboxylic acids is 4. The van der Waals surface area contributed by atoms with Gasteiger partial charge in [0.25, 0.3) is 5.91 Å². The van der Waals surface area contributed by atoms with Crippen LogP contribution in [0.5, 0.6) is 0 Å². The fourth-order valence-corrected chi connectivity index (χ4v) is 6.71. The van der Waals surface area contributed by atoms with Crippen molar-refractivity contribution in [1.29, 1.82) is 0 Å². The lowest BCUT2D eigenvalue weighted by molar-refractivity contribution is -0.133. The van der Waals surface area contributed by atoms with E-state index in [9.17, 15) is 19.2 Å². The smallest absolute Gasteiger partial charge is 0.325 e. The molecule has 1 unspecified atom stereocenters. The van der Waals surface area contributed by atoms with Crippen LogP contribution in [0.15, 0.2) is 73.1 Å². The second-order valence-corrected chi connectivity index (χ2v) is 13.2. The molecule has 3 N–H and O–H groups in total. The Morgan fingerprint density at radius 2 is 1.83 bits per heavy atom. The highest BCUT2D eigenvalue weighted by Crippen LogP contribution is 2.38. The fraction of sp³-hybridized carbons (Fsp3) is 0.244. The summed E-state index contributed by atoms with van der Waals surface area (Å²) in [6.07, 6.45) is 4.98. The Hall–Kier alpha value is -6.61. The number of anilines is 2. The van der Waals surface area contributed by atoms with E-state index in [1.807, 2.05) is 55.6 Å². The number of urea groups is 1. The minimum atomic E-state index is -0.487. The maximum atomic E-state index is 13.0. The molecule has 1 fully saturated rings. The Kier molecular flexibility index (Phi) is 9.56. The third-order valence-electron chi connectivity index (χ3n) is 9.50. The van der Waals surface area contributed by atoms with E-state index in [4.69, 9.17) is 9.97 Å². The number of nitrogens with zero attached hydrogens (tertiary/aromatic N) is 5. The predicted molar refractivity (Wildman–Crippen MR) is 203 cm³/mol. The van der Waals surface area contributed by atoms with Gasteiger partial charge in [-0.1, -0.05) is 43.0 Å². The Morgan fingerprint density at radius 3 is 2.62 bits per heavy atom. The molecule has 0 radical (unpaired) electrons. The predicted octanol–water partition coefficient (Wildman–Crippen LogP) is 5.23. The number of imide groups is 1. The Bertz CT molecular complexity index is 2380. The number of benzene rings is 2. The SMILES string of the molecule is CCc1cc(-c2cccc3cc(-c4cnc(C(=O)NCC#Cc5cccc(NC6CCC(=O)NC6=O)c5)c(C)c4)ncc23)c2c(n1)N(C)C(=O)N(C)C2. The number of hydrogen-bond donors (Lipinski definition) is 3. The van der Waals surface area contributed by atoms with E-state index in [1.54, 1.807) is 30.1 Å². The van der Waals surface area contributed by atoms with Crippen LogP contribution < -0.4 is 20.9 Å². The van der Waals surface area contributed by atoms with Gasteiger partial charge in [-0.3, -0.25) is 34.6 Å². The van der Waals surface area contributed by atoms with Crippen molar-refractivity contribution in [3.05, 3.63) is 101 Å². The van der Waals surface area contributed by atoms with E-state index in [2.05, 4.69) is 57.9 Å². The summed E-state index contributed by atoms with van der Waals surface area (Å²) in [6, 6.07) is 18.9. The quantitative estimate of drug-likeness (QED) is 0.154. The van der Waals surface area contributed by atoms with E-state index in [-0.39, 0.29) is 30.3 Å². The molecule has 0 spiro atoms. The summed E-state index contributed by atoms with van der Waals surface area (Å²) < 4.78 is 0.